The van der Waals surface area contributed by atoms with E-state index < -0.39 is 0 Å². The normalized spacial score (nSPS) is 11.6. The number of hydrogen-bond donors (Lipinski definition) is 1. The molecular formula is C19H20N6O. The molecule has 132 valence electrons. The van der Waals surface area contributed by atoms with Crippen LogP contribution < -0.4 is 0 Å². The highest BCUT2D eigenvalue weighted by molar-refractivity contribution is 6.29. The lowest BCUT2D eigenvalue weighted by atomic mass is 10.0. The van der Waals surface area contributed by atoms with Gasteiger partial charge in [0.2, 0.25) is 0 Å². The van der Waals surface area contributed by atoms with Gasteiger partial charge in [-0.25, -0.2) is 9.51 Å². The van der Waals surface area contributed by atoms with Gasteiger partial charge in [0.15, 0.2) is 5.65 Å². The Hall–Kier alpha value is -3.35. The van der Waals surface area contributed by atoms with Crippen molar-refractivity contribution in [2.75, 3.05) is 14.1 Å². The fourth-order valence-electron chi connectivity index (χ4n) is 2.56. The molecule has 7 heteroatoms. The Morgan fingerprint density at radius 3 is 2.62 bits per heavy atom. The van der Waals surface area contributed by atoms with Crippen LogP contribution >= 0.6 is 0 Å². The van der Waals surface area contributed by atoms with Crippen LogP contribution in [0, 0.1) is 5.41 Å². The van der Waals surface area contributed by atoms with Crippen molar-refractivity contribution in [1.82, 2.24) is 19.5 Å². The molecule has 26 heavy (non-hydrogen) atoms. The van der Waals surface area contributed by atoms with Crippen LogP contribution in [0.3, 0.4) is 0 Å². The predicted molar refractivity (Wildman–Crippen MR) is 103 cm³/mol. The number of aliphatic imine (C=N–C) groups is 1. The lowest BCUT2D eigenvalue weighted by Gasteiger charge is -2.10. The van der Waals surface area contributed by atoms with E-state index in [2.05, 4.69) is 15.1 Å². The van der Waals surface area contributed by atoms with Gasteiger partial charge in [0.25, 0.3) is 11.9 Å². The first kappa shape index (κ1) is 17.5. The molecule has 0 spiro atoms. The van der Waals surface area contributed by atoms with Gasteiger partial charge >= 0.3 is 0 Å². The third kappa shape index (κ3) is 3.37. The molecular weight excluding hydrogens is 328 g/mol. The Balaban J connectivity index is 2.03. The Bertz CT molecular complexity index is 985. The molecule has 0 fully saturated rings. The summed E-state index contributed by atoms with van der Waals surface area (Å²) in [6.07, 6.45) is 3.67. The minimum absolute atomic E-state index is 0.0346. The molecule has 1 aromatic carbocycles. The maximum absolute atomic E-state index is 12.0. The van der Waals surface area contributed by atoms with Gasteiger partial charge in [-0.05, 0) is 36.2 Å². The number of rotatable bonds is 5. The lowest BCUT2D eigenvalue weighted by Crippen LogP contribution is -2.21. The molecule has 0 aliphatic rings. The number of benzene rings is 1. The van der Waals surface area contributed by atoms with Crippen molar-refractivity contribution in [2.24, 2.45) is 4.99 Å². The van der Waals surface area contributed by atoms with Crippen molar-refractivity contribution < 1.29 is 4.79 Å². The van der Waals surface area contributed by atoms with E-state index in [-0.39, 0.29) is 5.91 Å². The number of pyridine rings is 1. The molecule has 1 N–H and O–H groups in total. The summed E-state index contributed by atoms with van der Waals surface area (Å²) in [6, 6.07) is 11.3. The van der Waals surface area contributed by atoms with Crippen molar-refractivity contribution >= 4 is 29.4 Å². The fraction of sp³-hybridized carbons (Fsp3) is 0.211. The Labute approximate surface area is 151 Å². The minimum Gasteiger partial charge on any atom is -0.345 e. The van der Waals surface area contributed by atoms with E-state index >= 15 is 0 Å². The largest absolute Gasteiger partial charge is 0.345 e. The van der Waals surface area contributed by atoms with Crippen LogP contribution in [0.25, 0.3) is 16.8 Å². The lowest BCUT2D eigenvalue weighted by molar-refractivity contribution is 0.0827. The van der Waals surface area contributed by atoms with E-state index in [1.807, 2.05) is 37.4 Å². The molecule has 0 radical (unpaired) electrons. The monoisotopic (exact) mass is 348 g/mol. The molecule has 2 heterocycles. The van der Waals surface area contributed by atoms with Gasteiger partial charge in [0, 0.05) is 37.6 Å². The molecule has 0 saturated carbocycles. The number of fused-ring (bicyclic) bond motifs is 1. The number of hydrogen-bond acceptors (Lipinski definition) is 5. The summed E-state index contributed by atoms with van der Waals surface area (Å²) in [5.41, 5.74) is 3.78. The Morgan fingerprint density at radius 2 is 2.00 bits per heavy atom. The SMILES string of the molecule is CCC(C=N)=Nc1nc2c(-c3ccc(C(=O)N(C)C)cc3)cccn2n1. The zero-order valence-corrected chi connectivity index (χ0v) is 15.0. The summed E-state index contributed by atoms with van der Waals surface area (Å²) in [6.45, 7) is 1.93. The van der Waals surface area contributed by atoms with E-state index in [1.54, 1.807) is 35.6 Å². The molecule has 0 aliphatic heterocycles. The zero-order valence-electron chi connectivity index (χ0n) is 15.0. The summed E-state index contributed by atoms with van der Waals surface area (Å²) in [5, 5.41) is 11.7. The van der Waals surface area contributed by atoms with Crippen LogP contribution in [0.1, 0.15) is 23.7 Å². The summed E-state index contributed by atoms with van der Waals surface area (Å²) < 4.78 is 1.67. The van der Waals surface area contributed by atoms with Crippen LogP contribution in [-0.2, 0) is 0 Å². The van der Waals surface area contributed by atoms with E-state index in [9.17, 15) is 4.79 Å². The predicted octanol–water partition coefficient (Wildman–Crippen LogP) is 3.23. The second kappa shape index (κ2) is 7.26. The highest BCUT2D eigenvalue weighted by Gasteiger charge is 2.12. The van der Waals surface area contributed by atoms with Gasteiger partial charge in [0.1, 0.15) is 0 Å². The molecule has 2 aromatic heterocycles. The topological polar surface area (TPSA) is 86.7 Å². The molecule has 3 rings (SSSR count). The van der Waals surface area contributed by atoms with Crippen molar-refractivity contribution in [1.29, 1.82) is 5.41 Å². The number of carbonyl (C=O) groups is 1. The molecule has 0 aliphatic carbocycles. The highest BCUT2D eigenvalue weighted by atomic mass is 16.2. The zero-order chi connectivity index (χ0) is 18.7. The summed E-state index contributed by atoms with van der Waals surface area (Å²) in [5.74, 6) is 0.296. The molecule has 0 bridgehead atoms. The fourth-order valence-corrected chi connectivity index (χ4v) is 2.56. The van der Waals surface area contributed by atoms with Crippen molar-refractivity contribution in [3.05, 3.63) is 48.2 Å². The first-order chi connectivity index (χ1) is 12.5. The average molecular weight is 348 g/mol. The minimum atomic E-state index is -0.0346. The molecule has 7 nitrogen and oxygen atoms in total. The second-order valence-electron chi connectivity index (χ2n) is 5.98. The smallest absolute Gasteiger partial charge is 0.269 e. The van der Waals surface area contributed by atoms with Crippen LogP contribution in [0.4, 0.5) is 5.95 Å². The Morgan fingerprint density at radius 1 is 1.27 bits per heavy atom. The molecule has 3 aromatic rings. The highest BCUT2D eigenvalue weighted by Crippen LogP contribution is 2.25. The summed E-state index contributed by atoms with van der Waals surface area (Å²) in [7, 11) is 3.46. The average Bonchev–Trinajstić information content (AvgIpc) is 3.08. The third-order valence-corrected chi connectivity index (χ3v) is 3.97. The Kier molecular flexibility index (Phi) is 4.88. The van der Waals surface area contributed by atoms with E-state index in [4.69, 9.17) is 5.41 Å². The number of amides is 1. The first-order valence-corrected chi connectivity index (χ1v) is 8.29. The van der Waals surface area contributed by atoms with Crippen molar-refractivity contribution in [2.45, 2.75) is 13.3 Å². The van der Waals surface area contributed by atoms with E-state index in [0.717, 1.165) is 11.1 Å². The summed E-state index contributed by atoms with van der Waals surface area (Å²) in [4.78, 5) is 22.4. The molecule has 0 saturated heterocycles. The maximum Gasteiger partial charge on any atom is 0.269 e. The number of carbonyl (C=O) groups excluding carboxylic acids is 1. The van der Waals surface area contributed by atoms with Gasteiger partial charge in [-0.1, -0.05) is 19.1 Å². The number of aromatic nitrogens is 3. The molecule has 0 unspecified atom stereocenters. The van der Waals surface area contributed by atoms with Gasteiger partial charge < -0.3 is 10.3 Å². The standard InChI is InChI=1S/C19H20N6O/c1-4-15(12-20)21-19-22-17-16(6-5-11-25(17)23-19)13-7-9-14(10-8-13)18(26)24(2)3/h5-12,20H,4H2,1-3H3. The molecule has 0 atom stereocenters. The van der Waals surface area contributed by atoms with Crippen LogP contribution in [-0.4, -0.2) is 51.4 Å². The quantitative estimate of drug-likeness (QED) is 0.718. The molecule has 1 amide bonds. The third-order valence-electron chi connectivity index (χ3n) is 3.97. The van der Waals surface area contributed by atoms with Crippen molar-refractivity contribution in [3.8, 4) is 11.1 Å². The van der Waals surface area contributed by atoms with Crippen molar-refractivity contribution in [3.63, 3.8) is 0 Å². The van der Waals surface area contributed by atoms with Crippen LogP contribution in [0.5, 0.6) is 0 Å². The first-order valence-electron chi connectivity index (χ1n) is 8.29. The van der Waals surface area contributed by atoms with E-state index in [0.29, 0.717) is 29.3 Å². The maximum atomic E-state index is 12.0. The summed E-state index contributed by atoms with van der Waals surface area (Å²) >= 11 is 0. The second-order valence-corrected chi connectivity index (χ2v) is 5.98. The van der Waals surface area contributed by atoms with Gasteiger partial charge in [-0.3, -0.25) is 4.79 Å². The van der Waals surface area contributed by atoms with E-state index in [1.165, 1.54) is 6.21 Å². The van der Waals surface area contributed by atoms with Gasteiger partial charge in [-0.2, -0.15) is 4.98 Å². The van der Waals surface area contributed by atoms with Crippen LogP contribution in [0.2, 0.25) is 0 Å². The van der Waals surface area contributed by atoms with Crippen LogP contribution in [0.15, 0.2) is 47.6 Å². The van der Waals surface area contributed by atoms with Gasteiger partial charge in [-0.15, -0.1) is 5.10 Å². The number of nitrogens with one attached hydrogen (secondary N) is 1. The number of nitrogens with zero attached hydrogens (tertiary/aromatic N) is 5. The van der Waals surface area contributed by atoms with Gasteiger partial charge in [0.05, 0.1) is 5.71 Å².